The fourth-order valence-electron chi connectivity index (χ4n) is 3.49. The third-order valence-corrected chi connectivity index (χ3v) is 4.77. The summed E-state index contributed by atoms with van der Waals surface area (Å²) in [7, 11) is 0. The normalized spacial score (nSPS) is 22.7. The van der Waals surface area contributed by atoms with Gasteiger partial charge in [0.1, 0.15) is 12.6 Å². The largest absolute Gasteiger partial charge is 0.423 e. The zero-order chi connectivity index (χ0) is 17.2. The van der Waals surface area contributed by atoms with E-state index in [-0.39, 0.29) is 18.1 Å². The molecule has 2 aliphatic rings. The number of nitrogens with zero attached hydrogens (tertiary/aromatic N) is 4. The van der Waals surface area contributed by atoms with Crippen LogP contribution in [-0.4, -0.2) is 38.8 Å². The first-order valence-corrected chi connectivity index (χ1v) is 8.85. The Labute approximate surface area is 146 Å². The van der Waals surface area contributed by atoms with E-state index in [1.54, 1.807) is 4.90 Å². The molecule has 0 radical (unpaired) electrons. The lowest BCUT2D eigenvalue weighted by Gasteiger charge is -2.27. The van der Waals surface area contributed by atoms with E-state index in [1.807, 2.05) is 30.3 Å². The molecule has 0 N–H and O–H groups in total. The van der Waals surface area contributed by atoms with Crippen LogP contribution in [0.15, 0.2) is 34.7 Å². The van der Waals surface area contributed by atoms with E-state index in [1.165, 1.54) is 5.06 Å². The molecule has 2 aromatic rings. The average molecular weight is 342 g/mol. The van der Waals surface area contributed by atoms with Crippen molar-refractivity contribution in [2.45, 2.75) is 51.3 Å². The standard InChI is InChI=1S/C18H22N4O3/c1-2-6-16-19-20-17(25-16)15-10-9-14-11-21(15)18(23)22(14)24-12-13-7-4-3-5-8-13/h3-5,7-8,14-15H,2,6,9-12H2,1H3/t14-,15+/m1/s1. The number of piperidine rings is 1. The smallest absolute Gasteiger partial charge is 0.345 e. The van der Waals surface area contributed by atoms with Gasteiger partial charge in [-0.05, 0) is 24.8 Å². The Bertz CT molecular complexity index is 733. The molecule has 1 aromatic carbocycles. The Morgan fingerprint density at radius 1 is 1.24 bits per heavy atom. The number of aromatic nitrogens is 2. The lowest BCUT2D eigenvalue weighted by Crippen LogP contribution is -2.34. The van der Waals surface area contributed by atoms with Gasteiger partial charge in [-0.2, -0.15) is 5.06 Å². The molecule has 7 heteroatoms. The minimum absolute atomic E-state index is 0.0884. The Morgan fingerprint density at radius 3 is 2.88 bits per heavy atom. The number of hydrogen-bond donors (Lipinski definition) is 0. The maximum atomic E-state index is 12.8. The summed E-state index contributed by atoms with van der Waals surface area (Å²) in [5, 5.41) is 9.77. The van der Waals surface area contributed by atoms with E-state index >= 15 is 0 Å². The lowest BCUT2D eigenvalue weighted by atomic mass is 10.0. The Balaban J connectivity index is 1.44. The number of hydroxylamine groups is 2. The minimum atomic E-state index is -0.146. The summed E-state index contributed by atoms with van der Waals surface area (Å²) in [6, 6.07) is 9.70. The van der Waals surface area contributed by atoms with Gasteiger partial charge in [-0.3, -0.25) is 4.84 Å². The summed E-state index contributed by atoms with van der Waals surface area (Å²) < 4.78 is 5.75. The third kappa shape index (κ3) is 3.11. The quantitative estimate of drug-likeness (QED) is 0.807. The lowest BCUT2D eigenvalue weighted by molar-refractivity contribution is -0.140. The van der Waals surface area contributed by atoms with Crippen molar-refractivity contribution in [2.24, 2.45) is 0 Å². The zero-order valence-corrected chi connectivity index (χ0v) is 14.3. The molecule has 0 aliphatic carbocycles. The van der Waals surface area contributed by atoms with E-state index < -0.39 is 0 Å². The van der Waals surface area contributed by atoms with E-state index in [0.29, 0.717) is 24.9 Å². The SMILES string of the molecule is CCCc1nnc([C@@H]2CC[C@@H]3CN2C(=O)N3OCc2ccccc2)o1. The molecule has 132 valence electrons. The highest BCUT2D eigenvalue weighted by Gasteiger charge is 2.47. The summed E-state index contributed by atoms with van der Waals surface area (Å²) in [5.41, 5.74) is 1.05. The van der Waals surface area contributed by atoms with Crippen LogP contribution in [0.5, 0.6) is 0 Å². The van der Waals surface area contributed by atoms with Crippen LogP contribution < -0.4 is 0 Å². The molecule has 1 aromatic heterocycles. The highest BCUT2D eigenvalue weighted by atomic mass is 16.7. The van der Waals surface area contributed by atoms with Gasteiger partial charge in [0.05, 0.1) is 6.04 Å². The van der Waals surface area contributed by atoms with Crippen molar-refractivity contribution in [3.8, 4) is 0 Å². The molecule has 25 heavy (non-hydrogen) atoms. The second-order valence-corrected chi connectivity index (χ2v) is 6.55. The van der Waals surface area contributed by atoms with Crippen molar-refractivity contribution in [3.05, 3.63) is 47.7 Å². The second-order valence-electron chi connectivity index (χ2n) is 6.55. The van der Waals surface area contributed by atoms with Gasteiger partial charge >= 0.3 is 6.03 Å². The molecule has 2 amide bonds. The van der Waals surface area contributed by atoms with Crippen molar-refractivity contribution in [3.63, 3.8) is 0 Å². The maximum Gasteiger partial charge on any atom is 0.345 e. The van der Waals surface area contributed by atoms with E-state index in [9.17, 15) is 4.79 Å². The first kappa shape index (κ1) is 16.1. The number of benzene rings is 1. The van der Waals surface area contributed by atoms with Gasteiger partial charge in [-0.1, -0.05) is 37.3 Å². The number of fused-ring (bicyclic) bond motifs is 2. The van der Waals surface area contributed by atoms with Crippen molar-refractivity contribution in [1.82, 2.24) is 20.2 Å². The molecular weight excluding hydrogens is 320 g/mol. The predicted molar refractivity (Wildman–Crippen MR) is 89.2 cm³/mol. The molecule has 2 bridgehead atoms. The van der Waals surface area contributed by atoms with Crippen molar-refractivity contribution >= 4 is 6.03 Å². The van der Waals surface area contributed by atoms with Crippen LogP contribution in [0.3, 0.4) is 0 Å². The summed E-state index contributed by atoms with van der Waals surface area (Å²) in [6.07, 6.45) is 3.41. The molecule has 3 heterocycles. The molecule has 2 aliphatic heterocycles. The van der Waals surface area contributed by atoms with Crippen LogP contribution in [0.25, 0.3) is 0 Å². The highest BCUT2D eigenvalue weighted by molar-refractivity contribution is 5.77. The van der Waals surface area contributed by atoms with Gasteiger partial charge in [0.15, 0.2) is 0 Å². The second kappa shape index (κ2) is 6.84. The van der Waals surface area contributed by atoms with Gasteiger partial charge < -0.3 is 9.32 Å². The fraction of sp³-hybridized carbons (Fsp3) is 0.500. The van der Waals surface area contributed by atoms with Crippen LogP contribution in [0.4, 0.5) is 4.79 Å². The van der Waals surface area contributed by atoms with Crippen molar-refractivity contribution < 1.29 is 14.0 Å². The zero-order valence-electron chi connectivity index (χ0n) is 14.3. The monoisotopic (exact) mass is 342 g/mol. The molecule has 2 fully saturated rings. The third-order valence-electron chi connectivity index (χ3n) is 4.77. The number of rotatable bonds is 6. The molecule has 2 saturated heterocycles. The van der Waals surface area contributed by atoms with E-state index in [4.69, 9.17) is 9.25 Å². The minimum Gasteiger partial charge on any atom is -0.423 e. The first-order valence-electron chi connectivity index (χ1n) is 8.85. The molecule has 0 unspecified atom stereocenters. The van der Waals surface area contributed by atoms with E-state index in [0.717, 1.165) is 31.2 Å². The molecule has 2 atom stereocenters. The van der Waals surface area contributed by atoms with Gasteiger partial charge in [0.25, 0.3) is 0 Å². The van der Waals surface area contributed by atoms with Crippen LogP contribution in [0.1, 0.15) is 49.6 Å². The van der Waals surface area contributed by atoms with Gasteiger partial charge in [0.2, 0.25) is 11.8 Å². The van der Waals surface area contributed by atoms with Gasteiger partial charge in [-0.15, -0.1) is 10.2 Å². The molecule has 7 nitrogen and oxygen atoms in total. The topological polar surface area (TPSA) is 71.7 Å². The van der Waals surface area contributed by atoms with Crippen LogP contribution >= 0.6 is 0 Å². The fourth-order valence-corrected chi connectivity index (χ4v) is 3.49. The Hall–Kier alpha value is -2.41. The summed E-state index contributed by atoms with van der Waals surface area (Å²) in [5.74, 6) is 1.18. The van der Waals surface area contributed by atoms with Crippen molar-refractivity contribution in [1.29, 1.82) is 0 Å². The molecular formula is C18H22N4O3. The maximum absolute atomic E-state index is 12.8. The average Bonchev–Trinajstić information content (AvgIpc) is 3.19. The van der Waals surface area contributed by atoms with E-state index in [2.05, 4.69) is 17.1 Å². The summed E-state index contributed by atoms with van der Waals surface area (Å²) in [6.45, 7) is 3.10. The number of urea groups is 1. The van der Waals surface area contributed by atoms with Gasteiger partial charge in [0, 0.05) is 13.0 Å². The Morgan fingerprint density at radius 2 is 2.08 bits per heavy atom. The van der Waals surface area contributed by atoms with Gasteiger partial charge in [-0.25, -0.2) is 4.79 Å². The number of hydrogen-bond acceptors (Lipinski definition) is 5. The number of aryl methyl sites for hydroxylation is 1. The number of amides is 2. The van der Waals surface area contributed by atoms with Crippen LogP contribution in [0, 0.1) is 0 Å². The molecule has 0 spiro atoms. The summed E-state index contributed by atoms with van der Waals surface area (Å²) >= 11 is 0. The van der Waals surface area contributed by atoms with Crippen molar-refractivity contribution in [2.75, 3.05) is 6.54 Å². The number of carbonyl (C=O) groups excluding carboxylic acids is 1. The highest BCUT2D eigenvalue weighted by Crippen LogP contribution is 2.38. The molecule has 0 saturated carbocycles. The van der Waals surface area contributed by atoms with Crippen LogP contribution in [-0.2, 0) is 17.9 Å². The molecule has 4 rings (SSSR count). The first-order chi connectivity index (χ1) is 12.3. The Kier molecular flexibility index (Phi) is 4.40. The summed E-state index contributed by atoms with van der Waals surface area (Å²) in [4.78, 5) is 20.4. The van der Waals surface area contributed by atoms with Crippen LogP contribution in [0.2, 0.25) is 0 Å². The predicted octanol–water partition coefficient (Wildman–Crippen LogP) is 3.10. The number of carbonyl (C=O) groups is 1.